The molecule has 3 aromatic rings. The number of Topliss-reactive ketones (excluding diaryl/α,β-unsaturated/α-hetero) is 1. The van der Waals surface area contributed by atoms with Gasteiger partial charge in [0.2, 0.25) is 0 Å². The van der Waals surface area contributed by atoms with Crippen LogP contribution in [0.2, 0.25) is 0 Å². The first-order valence-corrected chi connectivity index (χ1v) is 11.6. The van der Waals surface area contributed by atoms with Crippen molar-refractivity contribution in [1.82, 2.24) is 4.98 Å². The zero-order chi connectivity index (χ0) is 25.1. The number of aryl methyl sites for hydroxylation is 2. The molecule has 2 aromatic carbocycles. The van der Waals surface area contributed by atoms with Crippen LogP contribution in [0.1, 0.15) is 42.3 Å². The monoisotopic (exact) mass is 472 g/mol. The zero-order valence-corrected chi connectivity index (χ0v) is 20.2. The lowest BCUT2D eigenvalue weighted by Crippen LogP contribution is -2.29. The maximum atomic E-state index is 13.4. The summed E-state index contributed by atoms with van der Waals surface area (Å²) in [5, 5.41) is 11.5. The van der Waals surface area contributed by atoms with E-state index in [9.17, 15) is 14.7 Å². The van der Waals surface area contributed by atoms with Crippen molar-refractivity contribution in [2.45, 2.75) is 33.7 Å². The second-order valence-corrected chi connectivity index (χ2v) is 8.22. The Hall–Kier alpha value is -4.13. The highest BCUT2D eigenvalue weighted by molar-refractivity contribution is 6.51. The van der Waals surface area contributed by atoms with Gasteiger partial charge >= 0.3 is 0 Å². The molecule has 1 fully saturated rings. The predicted octanol–water partition coefficient (Wildman–Crippen LogP) is 5.12. The largest absolute Gasteiger partial charge is 0.507 e. The summed E-state index contributed by atoms with van der Waals surface area (Å²) in [6, 6.07) is 14.9. The highest BCUT2D eigenvalue weighted by Crippen LogP contribution is 2.43. The van der Waals surface area contributed by atoms with Crippen molar-refractivity contribution in [1.29, 1.82) is 0 Å². The molecule has 1 saturated heterocycles. The second kappa shape index (κ2) is 10.0. The van der Waals surface area contributed by atoms with E-state index < -0.39 is 17.7 Å². The van der Waals surface area contributed by atoms with Gasteiger partial charge in [0.15, 0.2) is 0 Å². The molecule has 1 aliphatic heterocycles. The third-order valence-electron chi connectivity index (χ3n) is 6.00. The first-order valence-electron chi connectivity index (χ1n) is 11.6. The number of amides is 1. The number of nitrogens with zero attached hydrogens (tertiary/aromatic N) is 2. The smallest absolute Gasteiger partial charge is 0.300 e. The Bertz CT molecular complexity index is 1300. The predicted molar refractivity (Wildman–Crippen MR) is 134 cm³/mol. The minimum absolute atomic E-state index is 0.0444. The second-order valence-electron chi connectivity index (χ2n) is 8.22. The number of hydrogen-bond donors (Lipinski definition) is 1. The minimum atomic E-state index is -0.903. The van der Waals surface area contributed by atoms with Crippen LogP contribution in [0.5, 0.6) is 11.5 Å². The molecule has 180 valence electrons. The van der Waals surface area contributed by atoms with Crippen LogP contribution in [0.4, 0.5) is 5.69 Å². The van der Waals surface area contributed by atoms with Crippen molar-refractivity contribution in [3.8, 4) is 11.5 Å². The summed E-state index contributed by atoms with van der Waals surface area (Å²) >= 11 is 0. The van der Waals surface area contributed by atoms with Gasteiger partial charge in [-0.2, -0.15) is 0 Å². The van der Waals surface area contributed by atoms with Gasteiger partial charge in [0.1, 0.15) is 23.3 Å². The number of aromatic nitrogens is 1. The number of pyridine rings is 1. The van der Waals surface area contributed by atoms with Crippen LogP contribution < -0.4 is 14.4 Å². The lowest BCUT2D eigenvalue weighted by Gasteiger charge is -2.25. The van der Waals surface area contributed by atoms with Gasteiger partial charge in [-0.15, -0.1) is 0 Å². The quantitative estimate of drug-likeness (QED) is 0.292. The maximum Gasteiger partial charge on any atom is 0.300 e. The number of aliphatic hydroxyl groups is 1. The fraction of sp³-hybridized carbons (Fsp3) is 0.250. The highest BCUT2D eigenvalue weighted by atomic mass is 16.5. The van der Waals surface area contributed by atoms with Crippen molar-refractivity contribution >= 4 is 23.1 Å². The van der Waals surface area contributed by atoms with Crippen LogP contribution in [0.25, 0.3) is 5.76 Å². The molecule has 35 heavy (non-hydrogen) atoms. The Morgan fingerprint density at radius 3 is 2.40 bits per heavy atom. The average molecular weight is 473 g/mol. The number of rotatable bonds is 7. The van der Waals surface area contributed by atoms with E-state index in [0.717, 1.165) is 11.1 Å². The summed E-state index contributed by atoms with van der Waals surface area (Å²) in [6.07, 6.45) is 1.60. The summed E-state index contributed by atoms with van der Waals surface area (Å²) in [6.45, 7) is 8.43. The molecule has 1 aromatic heterocycles. The molecule has 1 aliphatic rings. The van der Waals surface area contributed by atoms with E-state index in [0.29, 0.717) is 41.7 Å². The Labute approximate surface area is 204 Å². The van der Waals surface area contributed by atoms with Crippen molar-refractivity contribution < 1.29 is 24.2 Å². The van der Waals surface area contributed by atoms with Crippen LogP contribution in [0.3, 0.4) is 0 Å². The number of anilines is 1. The van der Waals surface area contributed by atoms with Gasteiger partial charge < -0.3 is 14.6 Å². The standard InChI is InChI=1S/C28H28N2O5/c1-5-34-20-12-13-21(23(16-20)35-6-2)26(31)24-25(22-9-7-8-14-29-22)30(28(33)27(24)32)19-11-10-17(3)18(4)15-19/h7-16,25,31H,5-6H2,1-4H3/b26-24-. The summed E-state index contributed by atoms with van der Waals surface area (Å²) in [5.41, 5.74) is 3.33. The van der Waals surface area contributed by atoms with Gasteiger partial charge in [0, 0.05) is 18.0 Å². The molecule has 2 heterocycles. The summed E-state index contributed by atoms with van der Waals surface area (Å²) in [5.74, 6) is -0.906. The molecule has 1 atom stereocenters. The van der Waals surface area contributed by atoms with Crippen LogP contribution in [-0.2, 0) is 9.59 Å². The molecular weight excluding hydrogens is 444 g/mol. The summed E-state index contributed by atoms with van der Waals surface area (Å²) in [7, 11) is 0. The van der Waals surface area contributed by atoms with Gasteiger partial charge in [-0.25, -0.2) is 0 Å². The third kappa shape index (κ3) is 4.49. The molecule has 0 aliphatic carbocycles. The molecule has 0 radical (unpaired) electrons. The Kier molecular flexibility index (Phi) is 6.87. The lowest BCUT2D eigenvalue weighted by molar-refractivity contribution is -0.132. The van der Waals surface area contributed by atoms with E-state index >= 15 is 0 Å². The van der Waals surface area contributed by atoms with E-state index in [1.165, 1.54) is 4.90 Å². The lowest BCUT2D eigenvalue weighted by atomic mass is 9.97. The van der Waals surface area contributed by atoms with Gasteiger partial charge in [-0.05, 0) is 75.2 Å². The normalized spacial score (nSPS) is 17.0. The van der Waals surface area contributed by atoms with E-state index in [4.69, 9.17) is 9.47 Å². The Morgan fingerprint density at radius 2 is 1.74 bits per heavy atom. The van der Waals surface area contributed by atoms with Gasteiger partial charge in [-0.1, -0.05) is 12.1 Å². The van der Waals surface area contributed by atoms with Gasteiger partial charge in [-0.3, -0.25) is 19.5 Å². The molecule has 0 bridgehead atoms. The Balaban J connectivity index is 1.93. The summed E-state index contributed by atoms with van der Waals surface area (Å²) < 4.78 is 11.3. The molecule has 4 rings (SSSR count). The topological polar surface area (TPSA) is 89.0 Å². The number of carbonyl (C=O) groups excluding carboxylic acids is 2. The van der Waals surface area contributed by atoms with Gasteiger partial charge in [0.25, 0.3) is 11.7 Å². The SMILES string of the molecule is CCOc1ccc(/C(O)=C2/C(=O)C(=O)N(c3ccc(C)c(C)c3)C2c2ccccn2)c(OCC)c1. The number of carbonyl (C=O) groups is 2. The highest BCUT2D eigenvalue weighted by Gasteiger charge is 2.48. The molecule has 7 nitrogen and oxygen atoms in total. The van der Waals surface area contributed by atoms with E-state index in [1.807, 2.05) is 39.8 Å². The zero-order valence-electron chi connectivity index (χ0n) is 20.2. The van der Waals surface area contributed by atoms with Crippen LogP contribution in [0, 0.1) is 13.8 Å². The average Bonchev–Trinajstić information content (AvgIpc) is 3.12. The van der Waals surface area contributed by atoms with Crippen molar-refractivity contribution in [3.05, 3.63) is 88.8 Å². The molecule has 1 unspecified atom stereocenters. The van der Waals surface area contributed by atoms with E-state index in [-0.39, 0.29) is 11.3 Å². The minimum Gasteiger partial charge on any atom is -0.507 e. The van der Waals surface area contributed by atoms with Crippen molar-refractivity contribution in [2.24, 2.45) is 0 Å². The van der Waals surface area contributed by atoms with Crippen LogP contribution >= 0.6 is 0 Å². The molecule has 1 N–H and O–H groups in total. The number of aliphatic hydroxyl groups excluding tert-OH is 1. The molecular formula is C28H28N2O5. The number of benzene rings is 2. The number of ether oxygens (including phenoxy) is 2. The van der Waals surface area contributed by atoms with Crippen LogP contribution in [-0.4, -0.2) is 35.0 Å². The first-order chi connectivity index (χ1) is 16.9. The molecule has 0 saturated carbocycles. The van der Waals surface area contributed by atoms with Crippen molar-refractivity contribution in [3.63, 3.8) is 0 Å². The first kappa shape index (κ1) is 24.0. The van der Waals surface area contributed by atoms with E-state index in [1.54, 1.807) is 48.7 Å². The number of ketones is 1. The molecule has 1 amide bonds. The number of hydrogen-bond acceptors (Lipinski definition) is 6. The fourth-order valence-corrected chi connectivity index (χ4v) is 4.17. The fourth-order valence-electron chi connectivity index (χ4n) is 4.17. The van der Waals surface area contributed by atoms with Crippen molar-refractivity contribution in [2.75, 3.05) is 18.1 Å². The molecule has 7 heteroatoms. The summed E-state index contributed by atoms with van der Waals surface area (Å²) in [4.78, 5) is 32.5. The maximum absolute atomic E-state index is 13.4. The Morgan fingerprint density at radius 1 is 0.971 bits per heavy atom. The molecule has 0 spiro atoms. The van der Waals surface area contributed by atoms with E-state index in [2.05, 4.69) is 4.98 Å². The van der Waals surface area contributed by atoms with Gasteiger partial charge in [0.05, 0.1) is 30.0 Å². The van der Waals surface area contributed by atoms with Crippen LogP contribution in [0.15, 0.2) is 66.4 Å². The third-order valence-corrected chi connectivity index (χ3v) is 6.00.